The van der Waals surface area contributed by atoms with E-state index in [9.17, 15) is 0 Å². The van der Waals surface area contributed by atoms with Crippen LogP contribution in [0.15, 0.2) is 35.3 Å². The van der Waals surface area contributed by atoms with Gasteiger partial charge < -0.3 is 20.3 Å². The fraction of sp³-hybridized carbons (Fsp3) is 0.650. The zero-order valence-electron chi connectivity index (χ0n) is 16.2. The van der Waals surface area contributed by atoms with E-state index < -0.39 is 0 Å². The summed E-state index contributed by atoms with van der Waals surface area (Å²) < 4.78 is 5.81. The van der Waals surface area contributed by atoms with Crippen LogP contribution in [0, 0.1) is 0 Å². The van der Waals surface area contributed by atoms with E-state index in [0.717, 1.165) is 45.3 Å². The highest BCUT2D eigenvalue weighted by atomic mass is 16.5. The number of hydrogen-bond donors (Lipinski definition) is 2. The van der Waals surface area contributed by atoms with Crippen molar-refractivity contribution >= 4 is 5.96 Å². The van der Waals surface area contributed by atoms with Gasteiger partial charge in [0.25, 0.3) is 0 Å². The van der Waals surface area contributed by atoms with Gasteiger partial charge in [-0.25, -0.2) is 0 Å². The van der Waals surface area contributed by atoms with E-state index in [0.29, 0.717) is 6.04 Å². The third kappa shape index (κ3) is 5.69. The van der Waals surface area contributed by atoms with Gasteiger partial charge in [0, 0.05) is 45.8 Å². The van der Waals surface area contributed by atoms with Crippen LogP contribution in [0.2, 0.25) is 0 Å². The molecule has 2 N–H and O–H groups in total. The summed E-state index contributed by atoms with van der Waals surface area (Å²) in [5.74, 6) is 0.869. The average molecular weight is 360 g/mol. The van der Waals surface area contributed by atoms with Gasteiger partial charge >= 0.3 is 0 Å². The molecule has 0 spiro atoms. The van der Waals surface area contributed by atoms with Crippen LogP contribution in [0.25, 0.3) is 0 Å². The van der Waals surface area contributed by atoms with Crippen LogP contribution in [0.3, 0.4) is 0 Å². The molecule has 6 nitrogen and oxygen atoms in total. The van der Waals surface area contributed by atoms with Crippen molar-refractivity contribution in [3.63, 3.8) is 0 Å². The topological polar surface area (TPSA) is 52.1 Å². The van der Waals surface area contributed by atoms with Gasteiger partial charge in [-0.1, -0.05) is 30.3 Å². The minimum absolute atomic E-state index is 0.230. The first-order chi connectivity index (χ1) is 12.7. The summed E-state index contributed by atoms with van der Waals surface area (Å²) in [5.41, 5.74) is 1.39. The van der Waals surface area contributed by atoms with E-state index in [-0.39, 0.29) is 6.10 Å². The standard InChI is InChI=1S/C20H33N5O/c1-21-20(23-14-19-16-24(2)11-12-26-19)22-13-18-9-6-10-25(18)15-17-7-4-3-5-8-17/h3-5,7-8,18-19H,6,9-16H2,1-2H3,(H2,21,22,23). The molecule has 0 bridgehead atoms. The van der Waals surface area contributed by atoms with Crippen molar-refractivity contribution < 1.29 is 4.74 Å². The normalized spacial score (nSPS) is 25.4. The maximum atomic E-state index is 5.81. The van der Waals surface area contributed by atoms with Crippen molar-refractivity contribution in [1.29, 1.82) is 0 Å². The molecule has 2 atom stereocenters. The van der Waals surface area contributed by atoms with Crippen molar-refractivity contribution in [3.8, 4) is 0 Å². The lowest BCUT2D eigenvalue weighted by molar-refractivity contribution is -0.0161. The number of rotatable bonds is 6. The lowest BCUT2D eigenvalue weighted by atomic mass is 10.2. The van der Waals surface area contributed by atoms with E-state index in [1.165, 1.54) is 24.9 Å². The Morgan fingerprint density at radius 2 is 2.00 bits per heavy atom. The Bertz CT molecular complexity index is 565. The van der Waals surface area contributed by atoms with Gasteiger partial charge in [-0.15, -0.1) is 0 Å². The first-order valence-corrected chi connectivity index (χ1v) is 9.77. The number of likely N-dealkylation sites (N-methyl/N-ethyl adjacent to an activating group) is 1. The van der Waals surface area contributed by atoms with Crippen molar-refractivity contribution in [2.24, 2.45) is 4.99 Å². The largest absolute Gasteiger partial charge is 0.374 e. The molecule has 2 saturated heterocycles. The average Bonchev–Trinajstić information content (AvgIpc) is 3.10. The molecule has 1 aromatic carbocycles. The minimum atomic E-state index is 0.230. The Labute approximate surface area is 157 Å². The zero-order valence-corrected chi connectivity index (χ0v) is 16.2. The van der Waals surface area contributed by atoms with E-state index in [1.54, 1.807) is 0 Å². The number of guanidine groups is 1. The Kier molecular flexibility index (Phi) is 7.29. The Morgan fingerprint density at radius 3 is 2.77 bits per heavy atom. The molecular formula is C20H33N5O. The van der Waals surface area contributed by atoms with Gasteiger partial charge in [-0.05, 0) is 32.0 Å². The third-order valence-electron chi connectivity index (χ3n) is 5.30. The summed E-state index contributed by atoms with van der Waals surface area (Å²) in [5, 5.41) is 6.92. The molecule has 0 aromatic heterocycles. The molecule has 2 unspecified atom stereocenters. The molecule has 26 heavy (non-hydrogen) atoms. The predicted octanol–water partition coefficient (Wildman–Crippen LogP) is 1.15. The Balaban J connectivity index is 1.42. The number of morpholine rings is 1. The van der Waals surface area contributed by atoms with Crippen LogP contribution in [-0.4, -0.2) is 81.3 Å². The molecule has 0 radical (unpaired) electrons. The zero-order chi connectivity index (χ0) is 18.2. The van der Waals surface area contributed by atoms with Crippen molar-refractivity contribution in [2.75, 3.05) is 53.4 Å². The lowest BCUT2D eigenvalue weighted by Crippen LogP contribution is -2.50. The van der Waals surface area contributed by atoms with Crippen LogP contribution in [0.5, 0.6) is 0 Å². The van der Waals surface area contributed by atoms with E-state index in [2.05, 4.69) is 62.8 Å². The summed E-state index contributed by atoms with van der Waals surface area (Å²) in [6.45, 7) is 6.72. The van der Waals surface area contributed by atoms with Crippen molar-refractivity contribution in [2.45, 2.75) is 31.5 Å². The van der Waals surface area contributed by atoms with E-state index in [1.807, 2.05) is 7.05 Å². The Morgan fingerprint density at radius 1 is 1.19 bits per heavy atom. The minimum Gasteiger partial charge on any atom is -0.374 e. The SMILES string of the molecule is CN=C(NCC1CN(C)CCO1)NCC1CCCN1Cc1ccccc1. The number of likely N-dealkylation sites (tertiary alicyclic amines) is 1. The van der Waals surface area contributed by atoms with Gasteiger partial charge in [0.15, 0.2) is 5.96 Å². The van der Waals surface area contributed by atoms with Gasteiger partial charge in [0.1, 0.15) is 0 Å². The highest BCUT2D eigenvalue weighted by Crippen LogP contribution is 2.19. The molecule has 2 heterocycles. The number of benzene rings is 1. The first-order valence-electron chi connectivity index (χ1n) is 9.77. The smallest absolute Gasteiger partial charge is 0.191 e. The van der Waals surface area contributed by atoms with Gasteiger partial charge in [-0.2, -0.15) is 0 Å². The first kappa shape index (κ1) is 19.1. The molecule has 2 fully saturated rings. The molecule has 6 heteroatoms. The quantitative estimate of drug-likeness (QED) is 0.589. The van der Waals surface area contributed by atoms with E-state index >= 15 is 0 Å². The number of ether oxygens (including phenoxy) is 1. The number of hydrogen-bond acceptors (Lipinski definition) is 4. The maximum absolute atomic E-state index is 5.81. The number of nitrogens with one attached hydrogen (secondary N) is 2. The second kappa shape index (κ2) is 9.90. The molecule has 2 aliphatic heterocycles. The fourth-order valence-corrected chi connectivity index (χ4v) is 3.79. The molecule has 2 aliphatic rings. The van der Waals surface area contributed by atoms with Crippen LogP contribution in [0.1, 0.15) is 18.4 Å². The second-order valence-corrected chi connectivity index (χ2v) is 7.34. The van der Waals surface area contributed by atoms with Crippen molar-refractivity contribution in [1.82, 2.24) is 20.4 Å². The predicted molar refractivity (Wildman–Crippen MR) is 106 cm³/mol. The Hall–Kier alpha value is -1.63. The molecular weight excluding hydrogens is 326 g/mol. The maximum Gasteiger partial charge on any atom is 0.191 e. The molecule has 0 amide bonds. The van der Waals surface area contributed by atoms with Gasteiger partial charge in [0.2, 0.25) is 0 Å². The molecule has 0 aliphatic carbocycles. The summed E-state index contributed by atoms with van der Waals surface area (Å²) in [7, 11) is 3.98. The summed E-state index contributed by atoms with van der Waals surface area (Å²) >= 11 is 0. The highest BCUT2D eigenvalue weighted by molar-refractivity contribution is 5.79. The number of nitrogens with zero attached hydrogens (tertiary/aromatic N) is 3. The van der Waals surface area contributed by atoms with Gasteiger partial charge in [-0.3, -0.25) is 9.89 Å². The summed E-state index contributed by atoms with van der Waals surface area (Å²) in [6.07, 6.45) is 2.74. The molecule has 144 valence electrons. The van der Waals surface area contributed by atoms with E-state index in [4.69, 9.17) is 4.74 Å². The number of aliphatic imine (C=N–C) groups is 1. The lowest BCUT2D eigenvalue weighted by Gasteiger charge is -2.30. The van der Waals surface area contributed by atoms with Crippen molar-refractivity contribution in [3.05, 3.63) is 35.9 Å². The molecule has 3 rings (SSSR count). The third-order valence-corrected chi connectivity index (χ3v) is 5.30. The fourth-order valence-electron chi connectivity index (χ4n) is 3.79. The highest BCUT2D eigenvalue weighted by Gasteiger charge is 2.24. The van der Waals surface area contributed by atoms with Gasteiger partial charge in [0.05, 0.1) is 12.7 Å². The monoisotopic (exact) mass is 359 g/mol. The summed E-state index contributed by atoms with van der Waals surface area (Å²) in [6, 6.07) is 11.3. The van der Waals surface area contributed by atoms with Crippen LogP contribution in [0.4, 0.5) is 0 Å². The molecule has 1 aromatic rings. The summed E-state index contributed by atoms with van der Waals surface area (Å²) in [4.78, 5) is 9.26. The second-order valence-electron chi connectivity index (χ2n) is 7.34. The van der Waals surface area contributed by atoms with Crippen LogP contribution in [-0.2, 0) is 11.3 Å². The molecule has 0 saturated carbocycles. The van der Waals surface area contributed by atoms with Crippen LogP contribution >= 0.6 is 0 Å². The van der Waals surface area contributed by atoms with Crippen LogP contribution < -0.4 is 10.6 Å².